The fourth-order valence-electron chi connectivity index (χ4n) is 1.30. The summed E-state index contributed by atoms with van der Waals surface area (Å²) in [7, 11) is 0. The third-order valence-corrected chi connectivity index (χ3v) is 2.26. The highest BCUT2D eigenvalue weighted by molar-refractivity contribution is 5.96. The molecule has 1 atom stereocenters. The number of nitrogens with one attached hydrogen (secondary N) is 1. The molecule has 1 rings (SSSR count). The number of rotatable bonds is 4. The van der Waals surface area contributed by atoms with Gasteiger partial charge in [0.25, 0.3) is 0 Å². The summed E-state index contributed by atoms with van der Waals surface area (Å²) in [4.78, 5) is 22.0. The Morgan fingerprint density at radius 1 is 1.47 bits per heavy atom. The molecule has 0 radical (unpaired) electrons. The first-order valence-corrected chi connectivity index (χ1v) is 4.39. The van der Waals surface area contributed by atoms with Crippen molar-refractivity contribution in [1.29, 1.82) is 0 Å². The molecular weight excluding hydrogens is 198 g/mol. The number of dihydropyridines is 1. The molecule has 6 heteroatoms. The largest absolute Gasteiger partial charge is 0.396 e. The quantitative estimate of drug-likeness (QED) is 0.435. The lowest BCUT2D eigenvalue weighted by molar-refractivity contribution is -0.123. The minimum absolute atomic E-state index is 0.140. The van der Waals surface area contributed by atoms with Crippen LogP contribution in [-0.4, -0.2) is 29.1 Å². The highest BCUT2D eigenvalue weighted by atomic mass is 16.3. The molecule has 0 bridgehead atoms. The first-order chi connectivity index (χ1) is 7.02. The smallest absolute Gasteiger partial charge is 0.250 e. The van der Waals surface area contributed by atoms with Crippen molar-refractivity contribution in [3.63, 3.8) is 0 Å². The van der Waals surface area contributed by atoms with Crippen LogP contribution in [-0.2, 0) is 9.59 Å². The lowest BCUT2D eigenvalue weighted by atomic mass is 9.91. The van der Waals surface area contributed by atoms with Crippen LogP contribution in [0.1, 0.15) is 6.42 Å². The average Bonchev–Trinajstić information content (AvgIpc) is 2.18. The zero-order valence-electron chi connectivity index (χ0n) is 8.06. The number of primary amides is 2. The molecule has 0 aromatic heterocycles. The van der Waals surface area contributed by atoms with E-state index in [2.05, 4.69) is 5.32 Å². The van der Waals surface area contributed by atoms with Gasteiger partial charge in [-0.05, 0) is 12.2 Å². The standard InChI is InChI=1S/C9H13N3O3/c10-7(14)6-1-2-9(3-4-13,8(11)15)12-5-6/h1-2,5,12-13H,3-4H2,(H2,10,14)(H2,11,15). The lowest BCUT2D eigenvalue weighted by Crippen LogP contribution is -2.54. The molecule has 0 saturated carbocycles. The van der Waals surface area contributed by atoms with Gasteiger partial charge in [0.15, 0.2) is 0 Å². The molecule has 0 fully saturated rings. The molecule has 0 spiro atoms. The monoisotopic (exact) mass is 211 g/mol. The van der Waals surface area contributed by atoms with Crippen molar-refractivity contribution in [3.05, 3.63) is 23.9 Å². The minimum atomic E-state index is -1.13. The molecule has 1 aliphatic heterocycles. The van der Waals surface area contributed by atoms with Crippen LogP contribution >= 0.6 is 0 Å². The van der Waals surface area contributed by atoms with E-state index in [1.54, 1.807) is 0 Å². The summed E-state index contributed by atoms with van der Waals surface area (Å²) in [5, 5.41) is 11.5. The van der Waals surface area contributed by atoms with E-state index >= 15 is 0 Å². The molecule has 6 N–H and O–H groups in total. The van der Waals surface area contributed by atoms with Crippen LogP contribution in [0.15, 0.2) is 23.9 Å². The normalized spacial score (nSPS) is 24.2. The lowest BCUT2D eigenvalue weighted by Gasteiger charge is -2.29. The molecular formula is C9H13N3O3. The van der Waals surface area contributed by atoms with Crippen molar-refractivity contribution in [2.75, 3.05) is 6.61 Å². The first-order valence-electron chi connectivity index (χ1n) is 4.39. The Morgan fingerprint density at radius 3 is 2.47 bits per heavy atom. The zero-order chi connectivity index (χ0) is 11.5. The second kappa shape index (κ2) is 4.14. The Bertz CT molecular complexity index is 349. The molecule has 82 valence electrons. The molecule has 1 unspecified atom stereocenters. The maximum atomic E-state index is 11.2. The third kappa shape index (κ3) is 2.16. The molecule has 0 aromatic carbocycles. The van der Waals surface area contributed by atoms with E-state index in [0.717, 1.165) is 0 Å². The van der Waals surface area contributed by atoms with Gasteiger partial charge in [-0.25, -0.2) is 0 Å². The van der Waals surface area contributed by atoms with Crippen molar-refractivity contribution < 1.29 is 14.7 Å². The second-order valence-corrected chi connectivity index (χ2v) is 3.25. The van der Waals surface area contributed by atoms with E-state index in [0.29, 0.717) is 0 Å². The van der Waals surface area contributed by atoms with Gasteiger partial charge in [0, 0.05) is 19.2 Å². The van der Waals surface area contributed by atoms with Crippen molar-refractivity contribution in [3.8, 4) is 0 Å². The summed E-state index contributed by atoms with van der Waals surface area (Å²) in [6.07, 6.45) is 4.31. The van der Waals surface area contributed by atoms with Gasteiger partial charge in [-0.3, -0.25) is 9.59 Å². The van der Waals surface area contributed by atoms with Crippen LogP contribution in [0.2, 0.25) is 0 Å². The Morgan fingerprint density at radius 2 is 2.13 bits per heavy atom. The number of carbonyl (C=O) groups is 2. The van der Waals surface area contributed by atoms with Crippen LogP contribution in [0.25, 0.3) is 0 Å². The minimum Gasteiger partial charge on any atom is -0.396 e. The Balaban J connectivity index is 2.89. The zero-order valence-corrected chi connectivity index (χ0v) is 8.06. The van der Waals surface area contributed by atoms with Gasteiger partial charge in [-0.1, -0.05) is 0 Å². The summed E-state index contributed by atoms with van der Waals surface area (Å²) >= 11 is 0. The maximum Gasteiger partial charge on any atom is 0.250 e. The predicted octanol–water partition coefficient (Wildman–Crippen LogP) is -1.88. The van der Waals surface area contributed by atoms with Gasteiger partial charge in [0.05, 0.1) is 5.57 Å². The van der Waals surface area contributed by atoms with Crippen LogP contribution < -0.4 is 16.8 Å². The van der Waals surface area contributed by atoms with E-state index < -0.39 is 17.4 Å². The SMILES string of the molecule is NC(=O)C1=CNC(CCO)(C(N)=O)C=C1. The molecule has 0 aliphatic carbocycles. The van der Waals surface area contributed by atoms with Crippen molar-refractivity contribution in [1.82, 2.24) is 5.32 Å². The molecule has 0 saturated heterocycles. The summed E-state index contributed by atoms with van der Waals surface area (Å²) < 4.78 is 0. The van der Waals surface area contributed by atoms with Crippen LogP contribution in [0.3, 0.4) is 0 Å². The number of aliphatic hydroxyl groups excluding tert-OH is 1. The highest BCUT2D eigenvalue weighted by Crippen LogP contribution is 2.17. The van der Waals surface area contributed by atoms with E-state index in [4.69, 9.17) is 16.6 Å². The fraction of sp³-hybridized carbons (Fsp3) is 0.333. The van der Waals surface area contributed by atoms with E-state index in [9.17, 15) is 9.59 Å². The van der Waals surface area contributed by atoms with Gasteiger partial charge < -0.3 is 21.9 Å². The average molecular weight is 211 g/mol. The topological polar surface area (TPSA) is 118 Å². The van der Waals surface area contributed by atoms with Gasteiger partial charge in [0.1, 0.15) is 5.54 Å². The van der Waals surface area contributed by atoms with E-state index in [-0.39, 0.29) is 18.6 Å². The van der Waals surface area contributed by atoms with E-state index in [1.807, 2.05) is 0 Å². The van der Waals surface area contributed by atoms with Crippen molar-refractivity contribution in [2.45, 2.75) is 12.0 Å². The number of hydrogen-bond donors (Lipinski definition) is 4. The Kier molecular flexibility index (Phi) is 3.11. The number of carbonyl (C=O) groups excluding carboxylic acids is 2. The molecule has 15 heavy (non-hydrogen) atoms. The van der Waals surface area contributed by atoms with Crippen LogP contribution in [0.4, 0.5) is 0 Å². The Hall–Kier alpha value is -1.82. The van der Waals surface area contributed by atoms with Crippen molar-refractivity contribution >= 4 is 11.8 Å². The fourth-order valence-corrected chi connectivity index (χ4v) is 1.30. The molecule has 1 aliphatic rings. The van der Waals surface area contributed by atoms with Gasteiger partial charge in [0.2, 0.25) is 11.8 Å². The Labute approximate surface area is 86.6 Å². The van der Waals surface area contributed by atoms with Crippen LogP contribution in [0, 0.1) is 0 Å². The van der Waals surface area contributed by atoms with E-state index in [1.165, 1.54) is 18.4 Å². The molecule has 2 amide bonds. The van der Waals surface area contributed by atoms with Crippen LogP contribution in [0.5, 0.6) is 0 Å². The molecule has 6 nitrogen and oxygen atoms in total. The number of amides is 2. The summed E-state index contributed by atoms with van der Waals surface area (Å²) in [6.45, 7) is -0.194. The molecule has 0 aromatic rings. The van der Waals surface area contributed by atoms with Gasteiger partial charge >= 0.3 is 0 Å². The number of aliphatic hydroxyl groups is 1. The number of hydrogen-bond acceptors (Lipinski definition) is 4. The summed E-state index contributed by atoms with van der Waals surface area (Å²) in [5.41, 5.74) is 9.37. The summed E-state index contributed by atoms with van der Waals surface area (Å²) in [6, 6.07) is 0. The maximum absolute atomic E-state index is 11.2. The third-order valence-electron chi connectivity index (χ3n) is 2.26. The summed E-state index contributed by atoms with van der Waals surface area (Å²) in [5.74, 6) is -1.21. The van der Waals surface area contributed by atoms with Gasteiger partial charge in [-0.2, -0.15) is 0 Å². The predicted molar refractivity (Wildman–Crippen MR) is 53.2 cm³/mol. The molecule has 1 heterocycles. The second-order valence-electron chi connectivity index (χ2n) is 3.25. The first kappa shape index (κ1) is 11.3. The van der Waals surface area contributed by atoms with Crippen molar-refractivity contribution in [2.24, 2.45) is 11.5 Å². The van der Waals surface area contributed by atoms with Gasteiger partial charge in [-0.15, -0.1) is 0 Å². The number of nitrogens with two attached hydrogens (primary N) is 2. The highest BCUT2D eigenvalue weighted by Gasteiger charge is 2.34.